The summed E-state index contributed by atoms with van der Waals surface area (Å²) in [5, 5.41) is 23.8. The second kappa shape index (κ2) is 7.73. The zero-order chi connectivity index (χ0) is 19.6. The van der Waals surface area contributed by atoms with Crippen molar-refractivity contribution in [1.82, 2.24) is 0 Å². The summed E-state index contributed by atoms with van der Waals surface area (Å²) in [5.41, 5.74) is 1.91. The van der Waals surface area contributed by atoms with E-state index in [2.05, 4.69) is 11.4 Å². The largest absolute Gasteiger partial charge is 0.378 e. The summed E-state index contributed by atoms with van der Waals surface area (Å²) in [4.78, 5) is 26.5. The first-order chi connectivity index (χ1) is 12.9. The summed E-state index contributed by atoms with van der Waals surface area (Å²) < 4.78 is 5.34. The Morgan fingerprint density at radius 1 is 1.37 bits per heavy atom. The number of benzene rings is 1. The number of nitriles is 1. The van der Waals surface area contributed by atoms with E-state index in [1.807, 2.05) is 18.7 Å². The van der Waals surface area contributed by atoms with Gasteiger partial charge in [0.1, 0.15) is 11.1 Å². The molecule has 3 rings (SSSR count). The number of nitrogens with zero attached hydrogens (tertiary/aromatic N) is 3. The number of aryl methyl sites for hydroxylation is 1. The molecule has 2 aromatic rings. The number of amides is 1. The van der Waals surface area contributed by atoms with Gasteiger partial charge in [-0.25, -0.2) is 0 Å². The van der Waals surface area contributed by atoms with Gasteiger partial charge < -0.3 is 15.0 Å². The van der Waals surface area contributed by atoms with E-state index in [0.717, 1.165) is 10.4 Å². The molecular weight excluding hydrogens is 368 g/mol. The predicted octanol–water partition coefficient (Wildman–Crippen LogP) is 3.23. The van der Waals surface area contributed by atoms with E-state index in [9.17, 15) is 20.2 Å². The molecule has 1 saturated heterocycles. The lowest BCUT2D eigenvalue weighted by Crippen LogP contribution is -2.37. The van der Waals surface area contributed by atoms with Gasteiger partial charge in [0.25, 0.3) is 11.6 Å². The van der Waals surface area contributed by atoms with Crippen LogP contribution in [0.2, 0.25) is 0 Å². The Hall–Kier alpha value is -2.96. The first kappa shape index (κ1) is 18.8. The lowest BCUT2D eigenvalue weighted by atomic mass is 10.1. The molecule has 1 N–H and O–H groups in total. The third-order valence-corrected chi connectivity index (χ3v) is 5.63. The molecule has 0 atom stereocenters. The molecule has 27 heavy (non-hydrogen) atoms. The number of nitro benzene ring substituents is 1. The number of ether oxygens (including phenoxy) is 1. The molecule has 140 valence electrons. The fraction of sp³-hybridized carbons (Fsp3) is 0.333. The van der Waals surface area contributed by atoms with Gasteiger partial charge in [0, 0.05) is 30.1 Å². The third kappa shape index (κ3) is 3.77. The normalized spacial score (nSPS) is 13.9. The number of rotatable bonds is 4. The zero-order valence-corrected chi connectivity index (χ0v) is 15.8. The van der Waals surface area contributed by atoms with E-state index in [4.69, 9.17) is 4.74 Å². The van der Waals surface area contributed by atoms with E-state index in [1.54, 1.807) is 6.07 Å². The lowest BCUT2D eigenvalue weighted by Gasteiger charge is -2.30. The van der Waals surface area contributed by atoms with Crippen LogP contribution in [-0.2, 0) is 4.74 Å². The Balaban J connectivity index is 1.99. The van der Waals surface area contributed by atoms with E-state index in [0.29, 0.717) is 42.6 Å². The zero-order valence-electron chi connectivity index (χ0n) is 14.9. The highest BCUT2D eigenvalue weighted by Gasteiger charge is 2.23. The smallest absolute Gasteiger partial charge is 0.270 e. The SMILES string of the molecule is Cc1sc(NC(=O)c2cc([N+](=O)[O-])ccc2N2CCOCC2)c(C#N)c1C. The summed E-state index contributed by atoms with van der Waals surface area (Å²) in [6, 6.07) is 6.37. The molecule has 1 aromatic heterocycles. The number of carbonyl (C=O) groups is 1. The fourth-order valence-corrected chi connectivity index (χ4v) is 3.93. The molecular formula is C18H18N4O4S. The maximum Gasteiger partial charge on any atom is 0.270 e. The number of hydrogen-bond donors (Lipinski definition) is 1. The van der Waals surface area contributed by atoms with Crippen LogP contribution < -0.4 is 10.2 Å². The quantitative estimate of drug-likeness (QED) is 0.638. The van der Waals surface area contributed by atoms with E-state index < -0.39 is 10.8 Å². The molecule has 0 bridgehead atoms. The Kier molecular flexibility index (Phi) is 5.39. The van der Waals surface area contributed by atoms with E-state index in [1.165, 1.54) is 23.5 Å². The molecule has 2 heterocycles. The second-order valence-corrected chi connectivity index (χ2v) is 7.34. The summed E-state index contributed by atoms with van der Waals surface area (Å²) >= 11 is 1.32. The van der Waals surface area contributed by atoms with Crippen LogP contribution in [0, 0.1) is 35.3 Å². The van der Waals surface area contributed by atoms with Crippen LogP contribution in [0.5, 0.6) is 0 Å². The van der Waals surface area contributed by atoms with Crippen molar-refractivity contribution in [3.05, 3.63) is 49.9 Å². The molecule has 0 saturated carbocycles. The standard InChI is InChI=1S/C18H18N4O4S/c1-11-12(2)27-18(15(11)10-19)20-17(23)14-9-13(22(24)25)3-4-16(14)21-5-7-26-8-6-21/h3-4,9H,5-8H2,1-2H3,(H,20,23). The van der Waals surface area contributed by atoms with Crippen LogP contribution in [0.3, 0.4) is 0 Å². The number of anilines is 2. The van der Waals surface area contributed by atoms with Crippen molar-refractivity contribution in [1.29, 1.82) is 5.26 Å². The van der Waals surface area contributed by atoms with Crippen LogP contribution in [0.4, 0.5) is 16.4 Å². The number of thiophene rings is 1. The molecule has 0 aliphatic carbocycles. The maximum absolute atomic E-state index is 12.9. The third-order valence-electron chi connectivity index (χ3n) is 4.51. The monoisotopic (exact) mass is 386 g/mol. The fourth-order valence-electron chi connectivity index (χ4n) is 2.92. The van der Waals surface area contributed by atoms with Crippen LogP contribution in [0.1, 0.15) is 26.4 Å². The Bertz CT molecular complexity index is 942. The predicted molar refractivity (Wildman–Crippen MR) is 103 cm³/mol. The topological polar surface area (TPSA) is 108 Å². The molecule has 1 aliphatic heterocycles. The second-order valence-electron chi connectivity index (χ2n) is 6.11. The molecule has 0 unspecified atom stereocenters. The molecule has 1 aliphatic rings. The molecule has 8 nitrogen and oxygen atoms in total. The highest BCUT2D eigenvalue weighted by atomic mass is 32.1. The first-order valence-electron chi connectivity index (χ1n) is 8.35. The van der Waals surface area contributed by atoms with Crippen molar-refractivity contribution in [2.45, 2.75) is 13.8 Å². The van der Waals surface area contributed by atoms with E-state index >= 15 is 0 Å². The van der Waals surface area contributed by atoms with E-state index in [-0.39, 0.29) is 11.3 Å². The van der Waals surface area contributed by atoms with Gasteiger partial charge in [-0.15, -0.1) is 11.3 Å². The van der Waals surface area contributed by atoms with Gasteiger partial charge in [-0.05, 0) is 25.5 Å². The molecule has 9 heteroatoms. The average Bonchev–Trinajstić information content (AvgIpc) is 2.94. The number of morpholine rings is 1. The number of carbonyl (C=O) groups excluding carboxylic acids is 1. The van der Waals surface area contributed by atoms with Crippen LogP contribution in [0.25, 0.3) is 0 Å². The lowest BCUT2D eigenvalue weighted by molar-refractivity contribution is -0.384. The van der Waals surface area contributed by atoms with Gasteiger partial charge in [0.05, 0.1) is 35.0 Å². The molecule has 0 radical (unpaired) electrons. The van der Waals surface area contributed by atoms with Crippen molar-refractivity contribution < 1.29 is 14.5 Å². The number of nitro groups is 1. The number of non-ortho nitro benzene ring substituents is 1. The molecule has 1 fully saturated rings. The summed E-state index contributed by atoms with van der Waals surface area (Å²) in [5.74, 6) is -0.474. The molecule has 0 spiro atoms. The van der Waals surface area contributed by atoms with Gasteiger partial charge in [0.15, 0.2) is 0 Å². The van der Waals surface area contributed by atoms with Gasteiger partial charge in [-0.3, -0.25) is 14.9 Å². The van der Waals surface area contributed by atoms with Crippen LogP contribution in [-0.4, -0.2) is 37.1 Å². The summed E-state index contributed by atoms with van der Waals surface area (Å²) in [7, 11) is 0. The van der Waals surface area contributed by atoms with Gasteiger partial charge in [-0.1, -0.05) is 0 Å². The van der Waals surface area contributed by atoms with Crippen LogP contribution >= 0.6 is 11.3 Å². The van der Waals surface area contributed by atoms with Crippen molar-refractivity contribution >= 4 is 33.6 Å². The number of nitrogens with one attached hydrogen (secondary N) is 1. The Morgan fingerprint density at radius 2 is 2.07 bits per heavy atom. The highest BCUT2D eigenvalue weighted by Crippen LogP contribution is 2.33. The average molecular weight is 386 g/mol. The van der Waals surface area contributed by atoms with Crippen molar-refractivity contribution in [3.8, 4) is 6.07 Å². The first-order valence-corrected chi connectivity index (χ1v) is 9.16. The van der Waals surface area contributed by atoms with Crippen molar-refractivity contribution in [2.75, 3.05) is 36.5 Å². The minimum atomic E-state index is -0.528. The van der Waals surface area contributed by atoms with Crippen LogP contribution in [0.15, 0.2) is 18.2 Å². The van der Waals surface area contributed by atoms with Crippen molar-refractivity contribution in [3.63, 3.8) is 0 Å². The van der Waals surface area contributed by atoms with Crippen molar-refractivity contribution in [2.24, 2.45) is 0 Å². The Labute approximate surface area is 160 Å². The summed E-state index contributed by atoms with van der Waals surface area (Å²) in [6.07, 6.45) is 0. The maximum atomic E-state index is 12.9. The molecule has 1 amide bonds. The van der Waals surface area contributed by atoms with Gasteiger partial charge in [0.2, 0.25) is 0 Å². The minimum absolute atomic E-state index is 0.156. The number of hydrogen-bond acceptors (Lipinski definition) is 7. The minimum Gasteiger partial charge on any atom is -0.378 e. The van der Waals surface area contributed by atoms with Gasteiger partial charge in [-0.2, -0.15) is 5.26 Å². The molecule has 1 aromatic carbocycles. The Morgan fingerprint density at radius 3 is 2.70 bits per heavy atom. The summed E-state index contributed by atoms with van der Waals surface area (Å²) in [6.45, 7) is 5.95. The highest BCUT2D eigenvalue weighted by molar-refractivity contribution is 7.16. The van der Waals surface area contributed by atoms with Gasteiger partial charge >= 0.3 is 0 Å².